The maximum atomic E-state index is 6.32. The topological polar surface area (TPSA) is 37.4 Å². The van der Waals surface area contributed by atoms with Crippen molar-refractivity contribution in [3.8, 4) is 0 Å². The molecule has 114 valence electrons. The molecule has 0 saturated heterocycles. The number of anilines is 2. The van der Waals surface area contributed by atoms with Gasteiger partial charge in [0.1, 0.15) is 11.6 Å². The Morgan fingerprint density at radius 1 is 1.35 bits per heavy atom. The fourth-order valence-corrected chi connectivity index (χ4v) is 2.43. The molecule has 0 amide bonds. The highest BCUT2D eigenvalue weighted by Crippen LogP contribution is 2.32. The van der Waals surface area contributed by atoms with E-state index in [1.807, 2.05) is 6.92 Å². The number of halogens is 2. The third kappa shape index (κ3) is 4.40. The van der Waals surface area contributed by atoms with Gasteiger partial charge in [-0.05, 0) is 26.3 Å². The number of methoxy groups -OCH3 is 1. The Bertz CT molecular complexity index is 429. The van der Waals surface area contributed by atoms with Crippen molar-refractivity contribution in [3.63, 3.8) is 0 Å². The maximum Gasteiger partial charge on any atom is 0.150 e. The summed E-state index contributed by atoms with van der Waals surface area (Å²) in [7, 11) is 1.69. The molecule has 0 fully saturated rings. The van der Waals surface area contributed by atoms with E-state index in [1.165, 1.54) is 0 Å². The van der Waals surface area contributed by atoms with Crippen LogP contribution in [-0.4, -0.2) is 37.8 Å². The number of pyridine rings is 1. The van der Waals surface area contributed by atoms with Gasteiger partial charge in [-0.3, -0.25) is 0 Å². The highest BCUT2D eigenvalue weighted by Gasteiger charge is 2.19. The van der Waals surface area contributed by atoms with E-state index in [9.17, 15) is 0 Å². The Balaban J connectivity index is 3.13. The van der Waals surface area contributed by atoms with Crippen LogP contribution in [0.2, 0.25) is 10.0 Å². The van der Waals surface area contributed by atoms with Crippen molar-refractivity contribution in [2.45, 2.75) is 33.2 Å². The van der Waals surface area contributed by atoms with Crippen LogP contribution in [0.15, 0.2) is 6.07 Å². The van der Waals surface area contributed by atoms with Gasteiger partial charge in [0, 0.05) is 26.2 Å². The minimum Gasteiger partial charge on any atom is -0.383 e. The molecule has 0 spiro atoms. The molecule has 0 bridgehead atoms. The van der Waals surface area contributed by atoms with Crippen LogP contribution in [-0.2, 0) is 4.74 Å². The molecule has 0 aliphatic carbocycles. The standard InChI is InChI=1S/C14H23Cl2N3O/c1-5-10(3)19(7-8-20-4)14-12(16)9-11(15)13(18-14)17-6-2/h9-10H,5-8H2,1-4H3,(H,17,18). The van der Waals surface area contributed by atoms with Crippen LogP contribution in [0.3, 0.4) is 0 Å². The molecular formula is C14H23Cl2N3O. The van der Waals surface area contributed by atoms with Crippen LogP contribution < -0.4 is 10.2 Å². The summed E-state index contributed by atoms with van der Waals surface area (Å²) in [5, 5.41) is 4.25. The fraction of sp³-hybridized carbons (Fsp3) is 0.643. The third-order valence-corrected chi connectivity index (χ3v) is 3.75. The van der Waals surface area contributed by atoms with Crippen molar-refractivity contribution in [2.75, 3.05) is 37.0 Å². The number of aromatic nitrogens is 1. The first-order chi connectivity index (χ1) is 9.54. The molecule has 1 N–H and O–H groups in total. The minimum absolute atomic E-state index is 0.325. The number of ether oxygens (including phenoxy) is 1. The lowest BCUT2D eigenvalue weighted by molar-refractivity contribution is 0.203. The Kier molecular flexibility index (Phi) is 7.41. The van der Waals surface area contributed by atoms with E-state index < -0.39 is 0 Å². The number of hydrogen-bond donors (Lipinski definition) is 1. The Labute approximate surface area is 131 Å². The summed E-state index contributed by atoms with van der Waals surface area (Å²) in [6.07, 6.45) is 1.00. The average molecular weight is 320 g/mol. The molecule has 0 saturated carbocycles. The molecule has 0 aromatic carbocycles. The normalized spacial score (nSPS) is 12.3. The molecule has 6 heteroatoms. The zero-order valence-electron chi connectivity index (χ0n) is 12.5. The molecule has 0 aliphatic rings. The van der Waals surface area contributed by atoms with Gasteiger partial charge in [-0.25, -0.2) is 4.98 Å². The molecule has 20 heavy (non-hydrogen) atoms. The van der Waals surface area contributed by atoms with Crippen molar-refractivity contribution >= 4 is 34.8 Å². The SMILES string of the molecule is CCNc1nc(N(CCOC)C(C)CC)c(Cl)cc1Cl. The summed E-state index contributed by atoms with van der Waals surface area (Å²) in [6, 6.07) is 2.07. The van der Waals surface area contributed by atoms with Gasteiger partial charge in [-0.1, -0.05) is 30.1 Å². The second kappa shape index (κ2) is 8.55. The summed E-state index contributed by atoms with van der Waals surface area (Å²) in [6.45, 7) is 8.42. The van der Waals surface area contributed by atoms with Gasteiger partial charge in [0.15, 0.2) is 0 Å². The first-order valence-electron chi connectivity index (χ1n) is 6.90. The second-order valence-corrected chi connectivity index (χ2v) is 5.41. The van der Waals surface area contributed by atoms with Gasteiger partial charge in [0.2, 0.25) is 0 Å². The number of nitrogens with zero attached hydrogens (tertiary/aromatic N) is 2. The predicted molar refractivity (Wildman–Crippen MR) is 87.4 cm³/mol. The van der Waals surface area contributed by atoms with Crippen LogP contribution in [0, 0.1) is 0 Å². The first kappa shape index (κ1) is 17.3. The Morgan fingerprint density at radius 3 is 2.60 bits per heavy atom. The zero-order valence-corrected chi connectivity index (χ0v) is 14.1. The van der Waals surface area contributed by atoms with E-state index in [2.05, 4.69) is 29.0 Å². The molecule has 1 aromatic rings. The maximum absolute atomic E-state index is 6.32. The van der Waals surface area contributed by atoms with E-state index in [4.69, 9.17) is 27.9 Å². The fourth-order valence-electron chi connectivity index (χ4n) is 1.89. The van der Waals surface area contributed by atoms with Gasteiger partial charge >= 0.3 is 0 Å². The summed E-state index contributed by atoms with van der Waals surface area (Å²) in [4.78, 5) is 6.73. The Hall–Kier alpha value is -0.710. The highest BCUT2D eigenvalue weighted by atomic mass is 35.5. The summed E-state index contributed by atoms with van der Waals surface area (Å²) in [5.41, 5.74) is 0. The highest BCUT2D eigenvalue weighted by molar-refractivity contribution is 6.37. The molecule has 0 radical (unpaired) electrons. The average Bonchev–Trinajstić information content (AvgIpc) is 2.43. The number of rotatable bonds is 8. The molecule has 1 aromatic heterocycles. The van der Waals surface area contributed by atoms with Gasteiger partial charge in [0.05, 0.1) is 16.7 Å². The minimum atomic E-state index is 0.325. The predicted octanol–water partition coefficient (Wildman–Crippen LogP) is 4.07. The van der Waals surface area contributed by atoms with Gasteiger partial charge in [0.25, 0.3) is 0 Å². The van der Waals surface area contributed by atoms with E-state index in [0.29, 0.717) is 28.5 Å². The van der Waals surface area contributed by atoms with Crippen LogP contribution in [0.25, 0.3) is 0 Å². The van der Waals surface area contributed by atoms with E-state index in [1.54, 1.807) is 13.2 Å². The molecule has 0 aliphatic heterocycles. The van der Waals surface area contributed by atoms with E-state index in [-0.39, 0.29) is 0 Å². The van der Waals surface area contributed by atoms with E-state index in [0.717, 1.165) is 25.3 Å². The lowest BCUT2D eigenvalue weighted by Gasteiger charge is -2.30. The second-order valence-electron chi connectivity index (χ2n) is 4.60. The van der Waals surface area contributed by atoms with E-state index >= 15 is 0 Å². The van der Waals surface area contributed by atoms with Crippen molar-refractivity contribution in [3.05, 3.63) is 16.1 Å². The Morgan fingerprint density at radius 2 is 2.05 bits per heavy atom. The zero-order chi connectivity index (χ0) is 15.1. The lowest BCUT2D eigenvalue weighted by atomic mass is 10.2. The van der Waals surface area contributed by atoms with Crippen molar-refractivity contribution in [1.29, 1.82) is 0 Å². The molecule has 1 rings (SSSR count). The van der Waals surface area contributed by atoms with Crippen LogP contribution in [0.4, 0.5) is 11.6 Å². The van der Waals surface area contributed by atoms with Crippen molar-refractivity contribution in [1.82, 2.24) is 4.98 Å². The number of nitrogens with one attached hydrogen (secondary N) is 1. The summed E-state index contributed by atoms with van der Waals surface area (Å²) in [5.74, 6) is 1.41. The molecular weight excluding hydrogens is 297 g/mol. The molecule has 4 nitrogen and oxygen atoms in total. The van der Waals surface area contributed by atoms with Crippen molar-refractivity contribution in [2.24, 2.45) is 0 Å². The summed E-state index contributed by atoms with van der Waals surface area (Å²) < 4.78 is 5.18. The van der Waals surface area contributed by atoms with Gasteiger partial charge < -0.3 is 15.0 Å². The van der Waals surface area contributed by atoms with Crippen LogP contribution in [0.1, 0.15) is 27.2 Å². The monoisotopic (exact) mass is 319 g/mol. The molecule has 1 unspecified atom stereocenters. The van der Waals surface area contributed by atoms with Gasteiger partial charge in [-0.2, -0.15) is 0 Å². The van der Waals surface area contributed by atoms with Gasteiger partial charge in [-0.15, -0.1) is 0 Å². The molecule has 1 heterocycles. The smallest absolute Gasteiger partial charge is 0.150 e. The largest absolute Gasteiger partial charge is 0.383 e. The molecule has 1 atom stereocenters. The van der Waals surface area contributed by atoms with Crippen LogP contribution >= 0.6 is 23.2 Å². The third-order valence-electron chi connectivity index (χ3n) is 3.19. The lowest BCUT2D eigenvalue weighted by Crippen LogP contribution is -2.36. The van der Waals surface area contributed by atoms with Crippen molar-refractivity contribution < 1.29 is 4.74 Å². The summed E-state index contributed by atoms with van der Waals surface area (Å²) >= 11 is 12.5. The van der Waals surface area contributed by atoms with Crippen LogP contribution in [0.5, 0.6) is 0 Å². The first-order valence-corrected chi connectivity index (χ1v) is 7.66. The number of hydrogen-bond acceptors (Lipinski definition) is 4. The quantitative estimate of drug-likeness (QED) is 0.783.